The van der Waals surface area contributed by atoms with Crippen LogP contribution in [0, 0.1) is 0 Å². The van der Waals surface area contributed by atoms with Crippen LogP contribution < -0.4 is 15.2 Å². The van der Waals surface area contributed by atoms with Gasteiger partial charge in [0.05, 0.1) is 5.56 Å². The second kappa shape index (κ2) is 9.73. The lowest BCUT2D eigenvalue weighted by molar-refractivity contribution is 0.0126. The number of nitrogens with zero attached hydrogens (tertiary/aromatic N) is 1. The first kappa shape index (κ1) is 22.5. The highest BCUT2D eigenvalue weighted by atomic mass is 16.6. The van der Waals surface area contributed by atoms with E-state index in [0.717, 1.165) is 5.56 Å². The Bertz CT molecular complexity index is 900. The topological polar surface area (TPSA) is 91.1 Å². The van der Waals surface area contributed by atoms with E-state index in [1.165, 1.54) is 0 Å². The number of rotatable bonds is 6. The van der Waals surface area contributed by atoms with E-state index in [4.69, 9.17) is 19.9 Å². The Morgan fingerprint density at radius 1 is 1.06 bits per heavy atom. The first-order valence-corrected chi connectivity index (χ1v) is 10.5. The summed E-state index contributed by atoms with van der Waals surface area (Å²) >= 11 is 0. The number of nitrogens with two attached hydrogens (primary N) is 1. The van der Waals surface area contributed by atoms with Crippen molar-refractivity contribution in [3.05, 3.63) is 59.7 Å². The van der Waals surface area contributed by atoms with Crippen LogP contribution in [0.4, 0.5) is 4.79 Å². The van der Waals surface area contributed by atoms with Crippen LogP contribution in [0.5, 0.6) is 11.5 Å². The smallest absolute Gasteiger partial charge is 0.410 e. The second-order valence-corrected chi connectivity index (χ2v) is 8.58. The molecule has 166 valence electrons. The maximum Gasteiger partial charge on any atom is 0.410 e. The summed E-state index contributed by atoms with van der Waals surface area (Å²) in [5, 5.41) is 0. The van der Waals surface area contributed by atoms with E-state index >= 15 is 0 Å². The van der Waals surface area contributed by atoms with Gasteiger partial charge in [0.25, 0.3) is 5.91 Å². The summed E-state index contributed by atoms with van der Waals surface area (Å²) in [7, 11) is 0. The summed E-state index contributed by atoms with van der Waals surface area (Å²) in [5.74, 6) is 0.430. The number of hydrogen-bond acceptors (Lipinski definition) is 5. The van der Waals surface area contributed by atoms with Gasteiger partial charge in [0, 0.05) is 32.0 Å². The molecule has 0 aromatic heterocycles. The molecule has 0 unspecified atom stereocenters. The molecule has 1 fully saturated rings. The van der Waals surface area contributed by atoms with Crippen LogP contribution in [0.3, 0.4) is 0 Å². The van der Waals surface area contributed by atoms with Crippen molar-refractivity contribution in [3.8, 4) is 11.5 Å². The highest BCUT2D eigenvalue weighted by Gasteiger charge is 2.28. The van der Waals surface area contributed by atoms with Gasteiger partial charge in [-0.3, -0.25) is 4.79 Å². The van der Waals surface area contributed by atoms with Crippen molar-refractivity contribution in [2.45, 2.75) is 51.9 Å². The molecule has 31 heavy (non-hydrogen) atoms. The van der Waals surface area contributed by atoms with Gasteiger partial charge in [-0.2, -0.15) is 0 Å². The predicted molar refractivity (Wildman–Crippen MR) is 117 cm³/mol. The zero-order valence-corrected chi connectivity index (χ0v) is 18.3. The molecular formula is C24H30N2O5. The van der Waals surface area contributed by atoms with E-state index in [9.17, 15) is 9.59 Å². The van der Waals surface area contributed by atoms with Crippen LogP contribution in [-0.2, 0) is 11.3 Å². The average Bonchev–Trinajstić information content (AvgIpc) is 2.72. The molecule has 3 rings (SSSR count). The Hall–Kier alpha value is -3.22. The molecule has 2 amide bonds. The molecule has 1 aliphatic rings. The minimum atomic E-state index is -0.559. The maximum absolute atomic E-state index is 12.2. The first-order chi connectivity index (χ1) is 14.7. The normalized spacial score (nSPS) is 14.7. The fourth-order valence-electron chi connectivity index (χ4n) is 3.30. The standard InChI is InChI=1S/C24H30N2O5/c1-24(2,3)31-23(28)26-13-11-18(12-14-26)30-21-15-19(9-10-20(21)22(25)27)29-16-17-7-5-4-6-8-17/h4-10,15,18H,11-14,16H2,1-3H3,(H2,25,27). The maximum atomic E-state index is 12.2. The number of benzene rings is 2. The van der Waals surface area contributed by atoms with Gasteiger partial charge in [0.15, 0.2) is 0 Å². The number of carbonyl (C=O) groups is 2. The molecule has 7 heteroatoms. The summed E-state index contributed by atoms with van der Waals surface area (Å²) in [6.07, 6.45) is 0.806. The summed E-state index contributed by atoms with van der Waals surface area (Å²) in [6.45, 7) is 6.99. The van der Waals surface area contributed by atoms with E-state index in [1.807, 2.05) is 51.1 Å². The molecule has 0 bridgehead atoms. The lowest BCUT2D eigenvalue weighted by Crippen LogP contribution is -2.44. The number of primary amides is 1. The molecule has 0 atom stereocenters. The van der Waals surface area contributed by atoms with Gasteiger partial charge >= 0.3 is 6.09 Å². The van der Waals surface area contributed by atoms with E-state index in [0.29, 0.717) is 49.6 Å². The fourth-order valence-corrected chi connectivity index (χ4v) is 3.30. The number of carbonyl (C=O) groups excluding carboxylic acids is 2. The van der Waals surface area contributed by atoms with Crippen molar-refractivity contribution in [1.82, 2.24) is 4.90 Å². The fraction of sp³-hybridized carbons (Fsp3) is 0.417. The highest BCUT2D eigenvalue weighted by Crippen LogP contribution is 2.28. The summed E-state index contributed by atoms with van der Waals surface area (Å²) in [5.41, 5.74) is 6.35. The Morgan fingerprint density at radius 3 is 2.35 bits per heavy atom. The van der Waals surface area contributed by atoms with Gasteiger partial charge < -0.3 is 24.8 Å². The van der Waals surface area contributed by atoms with Gasteiger partial charge in [-0.15, -0.1) is 0 Å². The zero-order valence-electron chi connectivity index (χ0n) is 18.3. The van der Waals surface area contributed by atoms with Crippen LogP contribution >= 0.6 is 0 Å². The Morgan fingerprint density at radius 2 is 1.74 bits per heavy atom. The lowest BCUT2D eigenvalue weighted by Gasteiger charge is -2.33. The minimum Gasteiger partial charge on any atom is -0.489 e. The number of hydrogen-bond donors (Lipinski definition) is 1. The van der Waals surface area contributed by atoms with Crippen molar-refractivity contribution < 1.29 is 23.8 Å². The first-order valence-electron chi connectivity index (χ1n) is 10.5. The number of piperidine rings is 1. The number of likely N-dealkylation sites (tertiary alicyclic amines) is 1. The molecule has 1 aliphatic heterocycles. The van der Waals surface area contributed by atoms with Gasteiger partial charge in [-0.25, -0.2) is 4.79 Å². The van der Waals surface area contributed by atoms with Crippen LogP contribution in [0.2, 0.25) is 0 Å². The van der Waals surface area contributed by atoms with Crippen LogP contribution in [0.25, 0.3) is 0 Å². The largest absolute Gasteiger partial charge is 0.489 e. The van der Waals surface area contributed by atoms with Gasteiger partial charge in [-0.05, 0) is 38.5 Å². The molecule has 1 saturated heterocycles. The molecule has 0 saturated carbocycles. The molecule has 2 aromatic rings. The Kier molecular flexibility index (Phi) is 7.05. The minimum absolute atomic E-state index is 0.138. The van der Waals surface area contributed by atoms with Crippen molar-refractivity contribution in [1.29, 1.82) is 0 Å². The Balaban J connectivity index is 1.62. The number of amides is 2. The van der Waals surface area contributed by atoms with Crippen LogP contribution in [0.15, 0.2) is 48.5 Å². The summed E-state index contributed by atoms with van der Waals surface area (Å²) < 4.78 is 17.4. The molecule has 1 heterocycles. The van der Waals surface area contributed by atoms with Crippen molar-refractivity contribution >= 4 is 12.0 Å². The van der Waals surface area contributed by atoms with E-state index in [1.54, 1.807) is 23.1 Å². The summed E-state index contributed by atoms with van der Waals surface area (Å²) in [4.78, 5) is 25.8. The molecule has 0 spiro atoms. The third kappa shape index (κ3) is 6.64. The zero-order chi connectivity index (χ0) is 22.4. The monoisotopic (exact) mass is 426 g/mol. The molecule has 0 radical (unpaired) electrons. The molecule has 0 aliphatic carbocycles. The average molecular weight is 427 g/mol. The number of ether oxygens (including phenoxy) is 3. The van der Waals surface area contributed by atoms with Crippen molar-refractivity contribution in [2.75, 3.05) is 13.1 Å². The van der Waals surface area contributed by atoms with Crippen LogP contribution in [0.1, 0.15) is 49.5 Å². The van der Waals surface area contributed by atoms with E-state index in [2.05, 4.69) is 0 Å². The Labute approximate surface area is 183 Å². The quantitative estimate of drug-likeness (QED) is 0.750. The second-order valence-electron chi connectivity index (χ2n) is 8.58. The third-order valence-corrected chi connectivity index (χ3v) is 4.85. The molecule has 7 nitrogen and oxygen atoms in total. The van der Waals surface area contributed by atoms with Gasteiger partial charge in [0.2, 0.25) is 0 Å². The van der Waals surface area contributed by atoms with Crippen molar-refractivity contribution in [3.63, 3.8) is 0 Å². The molecule has 2 N–H and O–H groups in total. The molecular weight excluding hydrogens is 396 g/mol. The lowest BCUT2D eigenvalue weighted by atomic mass is 10.1. The van der Waals surface area contributed by atoms with Crippen molar-refractivity contribution in [2.24, 2.45) is 5.73 Å². The predicted octanol–water partition coefficient (Wildman–Crippen LogP) is 4.14. The van der Waals surface area contributed by atoms with E-state index in [-0.39, 0.29) is 12.2 Å². The van der Waals surface area contributed by atoms with Gasteiger partial charge in [0.1, 0.15) is 29.8 Å². The van der Waals surface area contributed by atoms with Gasteiger partial charge in [-0.1, -0.05) is 30.3 Å². The third-order valence-electron chi connectivity index (χ3n) is 4.85. The highest BCUT2D eigenvalue weighted by molar-refractivity contribution is 5.95. The SMILES string of the molecule is CC(C)(C)OC(=O)N1CCC(Oc2cc(OCc3ccccc3)ccc2C(N)=O)CC1. The van der Waals surface area contributed by atoms with E-state index < -0.39 is 11.5 Å². The summed E-state index contributed by atoms with van der Waals surface area (Å²) in [6, 6.07) is 14.8. The van der Waals surface area contributed by atoms with Crippen LogP contribution in [-0.4, -0.2) is 41.7 Å². The molecule has 2 aromatic carbocycles.